The quantitative estimate of drug-likeness (QED) is 0.395. The molecule has 11 heteroatoms. The number of halogens is 5. The van der Waals surface area contributed by atoms with Crippen LogP contribution in [0.5, 0.6) is 11.5 Å². The molecule has 1 aliphatic heterocycles. The number of carbonyl (C=O) groups excluding carboxylic acids is 1. The van der Waals surface area contributed by atoms with Crippen molar-refractivity contribution in [3.63, 3.8) is 0 Å². The molecule has 0 saturated carbocycles. The number of hydrogen-bond acceptors (Lipinski definition) is 4. The minimum Gasteiger partial charge on any atom is -0.421 e. The molecule has 2 aromatic carbocycles. The fourth-order valence-electron chi connectivity index (χ4n) is 3.94. The van der Waals surface area contributed by atoms with Crippen LogP contribution in [0.1, 0.15) is 30.7 Å². The molecule has 2 heterocycles. The fraction of sp³-hybridized carbons (Fsp3) is 0.280. The Hall–Kier alpha value is -3.53. The van der Waals surface area contributed by atoms with E-state index in [0.717, 1.165) is 6.07 Å². The summed E-state index contributed by atoms with van der Waals surface area (Å²) >= 11 is 6.04. The van der Waals surface area contributed by atoms with Crippen LogP contribution in [0.2, 0.25) is 5.02 Å². The van der Waals surface area contributed by atoms with Crippen LogP contribution in [0.25, 0.3) is 0 Å². The molecule has 2 amide bonds. The maximum absolute atomic E-state index is 14.3. The van der Waals surface area contributed by atoms with Gasteiger partial charge in [-0.2, -0.15) is 17.6 Å². The lowest BCUT2D eigenvalue weighted by molar-refractivity contribution is -0.391. The summed E-state index contributed by atoms with van der Waals surface area (Å²) in [6.07, 6.45) is -8.55. The molecular formula is C25H22ClF4N3O3. The predicted octanol–water partition coefficient (Wildman–Crippen LogP) is 5.89. The van der Waals surface area contributed by atoms with E-state index in [1.54, 1.807) is 44.2 Å². The largest absolute Gasteiger partial charge is 0.507 e. The molecule has 2 N–H and O–H groups in total. The fourth-order valence-corrected chi connectivity index (χ4v) is 4.06. The number of benzene rings is 2. The van der Waals surface area contributed by atoms with Crippen LogP contribution < -0.4 is 20.1 Å². The molecule has 0 unspecified atom stereocenters. The molecule has 0 radical (unpaired) electrons. The Morgan fingerprint density at radius 1 is 1.00 bits per heavy atom. The number of aromatic nitrogens is 1. The van der Waals surface area contributed by atoms with Crippen LogP contribution >= 0.6 is 11.6 Å². The van der Waals surface area contributed by atoms with Crippen molar-refractivity contribution in [1.82, 2.24) is 15.6 Å². The Labute approximate surface area is 209 Å². The Bertz CT molecular complexity index is 1240. The van der Waals surface area contributed by atoms with E-state index in [0.29, 0.717) is 10.6 Å². The van der Waals surface area contributed by atoms with E-state index in [2.05, 4.69) is 25.1 Å². The van der Waals surface area contributed by atoms with Gasteiger partial charge in [-0.05, 0) is 37.6 Å². The third-order valence-corrected chi connectivity index (χ3v) is 5.69. The number of nitrogens with zero attached hydrogens (tertiary/aromatic N) is 1. The number of ether oxygens (including phenoxy) is 2. The number of nitrogens with one attached hydrogen (secondary N) is 2. The molecule has 190 valence electrons. The van der Waals surface area contributed by atoms with E-state index < -0.39 is 35.3 Å². The molecule has 3 aromatic rings. The first-order chi connectivity index (χ1) is 16.9. The number of urea groups is 1. The number of hydrogen-bond donors (Lipinski definition) is 2. The highest BCUT2D eigenvalue weighted by Gasteiger charge is 2.66. The van der Waals surface area contributed by atoms with Gasteiger partial charge in [0.15, 0.2) is 11.5 Å². The molecule has 36 heavy (non-hydrogen) atoms. The number of para-hydroxylation sites is 1. The van der Waals surface area contributed by atoms with Crippen LogP contribution in [0.4, 0.5) is 22.4 Å². The van der Waals surface area contributed by atoms with Gasteiger partial charge in [-0.1, -0.05) is 54.1 Å². The van der Waals surface area contributed by atoms with Gasteiger partial charge in [0, 0.05) is 24.2 Å². The molecule has 1 aliphatic rings. The number of carbonyl (C=O) groups is 1. The van der Waals surface area contributed by atoms with Crippen molar-refractivity contribution in [3.8, 4) is 11.5 Å². The van der Waals surface area contributed by atoms with Gasteiger partial charge in [-0.3, -0.25) is 4.98 Å². The summed E-state index contributed by atoms with van der Waals surface area (Å²) in [4.78, 5) is 17.4. The van der Waals surface area contributed by atoms with Crippen molar-refractivity contribution in [3.05, 3.63) is 88.7 Å². The first-order valence-corrected chi connectivity index (χ1v) is 11.3. The second-order valence-corrected chi connectivity index (χ2v) is 8.99. The maximum atomic E-state index is 14.3. The van der Waals surface area contributed by atoms with E-state index in [4.69, 9.17) is 11.6 Å². The third-order valence-electron chi connectivity index (χ3n) is 5.47. The van der Waals surface area contributed by atoms with Gasteiger partial charge in [0.1, 0.15) is 5.54 Å². The number of amides is 2. The average molecular weight is 524 g/mol. The van der Waals surface area contributed by atoms with Gasteiger partial charge >= 0.3 is 18.2 Å². The van der Waals surface area contributed by atoms with Crippen molar-refractivity contribution in [2.75, 3.05) is 0 Å². The molecule has 0 fully saturated rings. The minimum atomic E-state index is -4.97. The summed E-state index contributed by atoms with van der Waals surface area (Å²) in [5, 5.41) is 5.83. The third kappa shape index (κ3) is 4.90. The Balaban J connectivity index is 1.98. The number of alkyl halides is 4. The van der Waals surface area contributed by atoms with Crippen LogP contribution in [0.3, 0.4) is 0 Å². The molecule has 6 nitrogen and oxygen atoms in total. The lowest BCUT2D eigenvalue weighted by Crippen LogP contribution is -2.55. The standard InChI is InChI=1S/C25H22ClF4N3O3/c1-15(2)32-22(34)33-23(13-16-7-4-3-5-8-16,20-12-11-17(26)14-31-20)18-9-6-10-19-21(18)36-25(29,30)24(27,28)35-19/h3-12,14-15H,13H2,1-2H3,(H2,32,33,34)/t23-/m0/s1. The molecule has 0 spiro atoms. The molecule has 0 aliphatic carbocycles. The lowest BCUT2D eigenvalue weighted by atomic mass is 9.79. The highest BCUT2D eigenvalue weighted by molar-refractivity contribution is 6.30. The lowest BCUT2D eigenvalue weighted by Gasteiger charge is -2.39. The summed E-state index contributed by atoms with van der Waals surface area (Å²) < 4.78 is 65.5. The number of rotatable bonds is 6. The average Bonchev–Trinajstić information content (AvgIpc) is 2.79. The first kappa shape index (κ1) is 25.6. The van der Waals surface area contributed by atoms with Crippen LogP contribution in [-0.2, 0) is 12.0 Å². The summed E-state index contributed by atoms with van der Waals surface area (Å²) in [7, 11) is 0. The van der Waals surface area contributed by atoms with Gasteiger partial charge in [0.05, 0.1) is 10.7 Å². The van der Waals surface area contributed by atoms with E-state index in [1.807, 2.05) is 0 Å². The van der Waals surface area contributed by atoms with Gasteiger partial charge in [0.2, 0.25) is 0 Å². The smallest absolute Gasteiger partial charge is 0.421 e. The second kappa shape index (κ2) is 9.50. The van der Waals surface area contributed by atoms with E-state index in [9.17, 15) is 22.4 Å². The van der Waals surface area contributed by atoms with Crippen molar-refractivity contribution in [1.29, 1.82) is 0 Å². The summed E-state index contributed by atoms with van der Waals surface area (Å²) in [5.41, 5.74) is -0.840. The zero-order chi connectivity index (χ0) is 26.1. The van der Waals surface area contributed by atoms with E-state index in [1.165, 1.54) is 30.5 Å². The summed E-state index contributed by atoms with van der Waals surface area (Å²) in [6.45, 7) is 3.48. The Morgan fingerprint density at radius 2 is 1.69 bits per heavy atom. The topological polar surface area (TPSA) is 72.5 Å². The van der Waals surface area contributed by atoms with Crippen molar-refractivity contribution < 1.29 is 31.8 Å². The zero-order valence-electron chi connectivity index (χ0n) is 19.2. The van der Waals surface area contributed by atoms with Crippen molar-refractivity contribution >= 4 is 17.6 Å². The van der Waals surface area contributed by atoms with Gasteiger partial charge in [-0.25, -0.2) is 4.79 Å². The SMILES string of the molecule is CC(C)NC(=O)N[C@](Cc1ccccc1)(c1ccc(Cl)cn1)c1cccc2c1OC(F)(F)C(F)(F)O2. The second-order valence-electron chi connectivity index (χ2n) is 8.55. The number of pyridine rings is 1. The van der Waals surface area contributed by atoms with Crippen LogP contribution in [-0.4, -0.2) is 29.3 Å². The van der Waals surface area contributed by atoms with Gasteiger partial charge < -0.3 is 20.1 Å². The predicted molar refractivity (Wildman–Crippen MR) is 125 cm³/mol. The van der Waals surface area contributed by atoms with Crippen molar-refractivity contribution in [2.24, 2.45) is 0 Å². The maximum Gasteiger partial charge on any atom is 0.507 e. The highest BCUT2D eigenvalue weighted by atomic mass is 35.5. The molecular weight excluding hydrogens is 502 g/mol. The molecule has 1 aromatic heterocycles. The molecule has 0 bridgehead atoms. The van der Waals surface area contributed by atoms with Crippen LogP contribution in [0.15, 0.2) is 66.9 Å². The van der Waals surface area contributed by atoms with Crippen molar-refractivity contribution in [2.45, 2.75) is 44.1 Å². The summed E-state index contributed by atoms with van der Waals surface area (Å²) in [5.74, 6) is -1.26. The van der Waals surface area contributed by atoms with E-state index in [-0.39, 0.29) is 23.7 Å². The minimum absolute atomic E-state index is 0.00420. The van der Waals surface area contributed by atoms with Gasteiger partial charge in [0.25, 0.3) is 0 Å². The monoisotopic (exact) mass is 523 g/mol. The molecule has 1 atom stereocenters. The van der Waals surface area contributed by atoms with Crippen LogP contribution in [0, 0.1) is 0 Å². The molecule has 4 rings (SSSR count). The number of fused-ring (bicyclic) bond motifs is 1. The van der Waals surface area contributed by atoms with E-state index >= 15 is 0 Å². The zero-order valence-corrected chi connectivity index (χ0v) is 20.0. The Kier molecular flexibility index (Phi) is 6.74. The Morgan fingerprint density at radius 3 is 2.33 bits per heavy atom. The first-order valence-electron chi connectivity index (χ1n) is 11.0. The highest BCUT2D eigenvalue weighted by Crippen LogP contribution is 2.51. The summed E-state index contributed by atoms with van der Waals surface area (Å²) in [6, 6.07) is 14.8. The normalized spacial score (nSPS) is 17.2. The molecule has 0 saturated heterocycles. The van der Waals surface area contributed by atoms with Gasteiger partial charge in [-0.15, -0.1) is 0 Å².